The highest BCUT2D eigenvalue weighted by Crippen LogP contribution is 2.32. The summed E-state index contributed by atoms with van der Waals surface area (Å²) in [7, 11) is 0.815. The summed E-state index contributed by atoms with van der Waals surface area (Å²) >= 11 is 3.55. The minimum Gasteiger partial charge on any atom is -0.496 e. The second-order valence-corrected chi connectivity index (χ2v) is 11.7. The summed E-state index contributed by atoms with van der Waals surface area (Å²) in [5.41, 5.74) is 2.07. The molecule has 0 aliphatic heterocycles. The number of benzene rings is 1. The maximum atomic E-state index is 12.8. The molecule has 0 saturated heterocycles. The second-order valence-electron chi connectivity index (χ2n) is 9.53. The Balaban J connectivity index is 2.65. The molecular formula is C27H47BrO3S. The van der Waals surface area contributed by atoms with Gasteiger partial charge in [0.05, 0.1) is 19.5 Å². The molecule has 3 nitrogen and oxygen atoms in total. The van der Waals surface area contributed by atoms with Crippen molar-refractivity contribution in [2.24, 2.45) is 11.8 Å². The number of hydrogen-bond donors (Lipinski definition) is 0. The Hall–Kier alpha value is -0.550. The standard InChI is InChI=1S/C27H47BrO3S/c1-6-7-8-9-10-11-17-32(29)21-25-19-26(30-5)24(20-28)18-27(25)31-16-15-23(4)14-12-13-22(2)3/h18-19,22-23H,6-17,20-21H2,1-5H3. The Kier molecular flexibility index (Phi) is 16.5. The van der Waals surface area contributed by atoms with E-state index in [1.165, 1.54) is 51.4 Å². The highest BCUT2D eigenvalue weighted by molar-refractivity contribution is 9.08. The van der Waals surface area contributed by atoms with Gasteiger partial charge in [-0.1, -0.05) is 95.0 Å². The van der Waals surface area contributed by atoms with Gasteiger partial charge >= 0.3 is 0 Å². The molecule has 186 valence electrons. The Labute approximate surface area is 209 Å². The Morgan fingerprint density at radius 2 is 1.59 bits per heavy atom. The molecule has 2 unspecified atom stereocenters. The molecule has 0 heterocycles. The van der Waals surface area contributed by atoms with Crippen molar-refractivity contribution >= 4 is 26.7 Å². The van der Waals surface area contributed by atoms with Gasteiger partial charge in [-0.05, 0) is 36.8 Å². The molecule has 0 N–H and O–H groups in total. The molecule has 0 saturated carbocycles. The normalized spacial score (nSPS) is 13.3. The Bertz CT molecular complexity index is 648. The lowest BCUT2D eigenvalue weighted by molar-refractivity contribution is 0.273. The van der Waals surface area contributed by atoms with Gasteiger partial charge < -0.3 is 9.47 Å². The Morgan fingerprint density at radius 3 is 2.25 bits per heavy atom. The molecule has 1 aromatic carbocycles. The van der Waals surface area contributed by atoms with E-state index in [-0.39, 0.29) is 0 Å². The van der Waals surface area contributed by atoms with Crippen LogP contribution in [0.5, 0.6) is 11.5 Å². The van der Waals surface area contributed by atoms with Crippen molar-refractivity contribution in [3.05, 3.63) is 23.3 Å². The molecular weight excluding hydrogens is 484 g/mol. The van der Waals surface area contributed by atoms with Crippen LogP contribution in [-0.4, -0.2) is 23.7 Å². The summed E-state index contributed by atoms with van der Waals surface area (Å²) in [6.45, 7) is 9.83. The van der Waals surface area contributed by atoms with Crippen molar-refractivity contribution in [2.45, 2.75) is 103 Å². The van der Waals surface area contributed by atoms with E-state index in [1.807, 2.05) is 6.07 Å². The number of ether oxygens (including phenoxy) is 2. The van der Waals surface area contributed by atoms with Crippen molar-refractivity contribution < 1.29 is 13.7 Å². The zero-order valence-electron chi connectivity index (χ0n) is 21.2. The SMILES string of the molecule is CCCCCCCCS(=O)Cc1cc(OC)c(CBr)cc1OCCC(C)CCCC(C)C. The molecule has 5 heteroatoms. The molecule has 0 aromatic heterocycles. The Morgan fingerprint density at radius 1 is 0.906 bits per heavy atom. The predicted molar refractivity (Wildman–Crippen MR) is 144 cm³/mol. The molecule has 0 spiro atoms. The van der Waals surface area contributed by atoms with Crippen LogP contribution in [0.4, 0.5) is 0 Å². The topological polar surface area (TPSA) is 35.5 Å². The van der Waals surface area contributed by atoms with E-state index >= 15 is 0 Å². The lowest BCUT2D eigenvalue weighted by atomic mass is 9.98. The first-order valence-electron chi connectivity index (χ1n) is 12.6. The summed E-state index contributed by atoms with van der Waals surface area (Å²) in [6.07, 6.45) is 12.2. The van der Waals surface area contributed by atoms with Crippen LogP contribution in [0, 0.1) is 11.8 Å². The average Bonchev–Trinajstić information content (AvgIpc) is 2.76. The van der Waals surface area contributed by atoms with E-state index in [1.54, 1.807) is 7.11 Å². The van der Waals surface area contributed by atoms with Crippen LogP contribution in [0.2, 0.25) is 0 Å². The van der Waals surface area contributed by atoms with Crippen LogP contribution in [0.25, 0.3) is 0 Å². The molecule has 32 heavy (non-hydrogen) atoms. The fourth-order valence-electron chi connectivity index (χ4n) is 3.86. The number of rotatable bonds is 19. The van der Waals surface area contributed by atoms with Crippen LogP contribution in [0.15, 0.2) is 12.1 Å². The van der Waals surface area contributed by atoms with Gasteiger partial charge in [-0.3, -0.25) is 4.21 Å². The summed E-state index contributed by atoms with van der Waals surface area (Å²) in [6, 6.07) is 4.09. The largest absolute Gasteiger partial charge is 0.496 e. The molecule has 0 radical (unpaired) electrons. The minimum absolute atomic E-state index is 0.535. The van der Waals surface area contributed by atoms with Crippen LogP contribution in [0.3, 0.4) is 0 Å². The van der Waals surface area contributed by atoms with E-state index < -0.39 is 10.8 Å². The average molecular weight is 532 g/mol. The third-order valence-corrected chi connectivity index (χ3v) is 7.98. The predicted octanol–water partition coefficient (Wildman–Crippen LogP) is 8.43. The molecule has 2 atom stereocenters. The first-order chi connectivity index (χ1) is 15.4. The lowest BCUT2D eigenvalue weighted by Crippen LogP contribution is -2.09. The van der Waals surface area contributed by atoms with Crippen LogP contribution >= 0.6 is 15.9 Å². The van der Waals surface area contributed by atoms with Gasteiger partial charge in [-0.15, -0.1) is 0 Å². The van der Waals surface area contributed by atoms with Gasteiger partial charge in [-0.2, -0.15) is 0 Å². The number of methoxy groups -OCH3 is 1. The summed E-state index contributed by atoms with van der Waals surface area (Å²) in [5, 5.41) is 0.708. The van der Waals surface area contributed by atoms with Crippen molar-refractivity contribution in [1.82, 2.24) is 0 Å². The summed E-state index contributed by atoms with van der Waals surface area (Å²) in [5.74, 6) is 4.44. The zero-order valence-corrected chi connectivity index (χ0v) is 23.6. The number of alkyl halides is 1. The lowest BCUT2D eigenvalue weighted by Gasteiger charge is -2.17. The van der Waals surface area contributed by atoms with Gasteiger partial charge in [-0.25, -0.2) is 0 Å². The third-order valence-electron chi connectivity index (χ3n) is 6.00. The van der Waals surface area contributed by atoms with Crippen molar-refractivity contribution in [2.75, 3.05) is 19.5 Å². The molecule has 0 amide bonds. The highest BCUT2D eigenvalue weighted by Gasteiger charge is 2.14. The fraction of sp³-hybridized carbons (Fsp3) is 0.778. The first kappa shape index (κ1) is 29.5. The van der Waals surface area contributed by atoms with Crippen LogP contribution in [-0.2, 0) is 21.9 Å². The molecule has 1 aromatic rings. The third kappa shape index (κ3) is 12.6. The van der Waals surface area contributed by atoms with Gasteiger partial charge in [0.25, 0.3) is 0 Å². The summed E-state index contributed by atoms with van der Waals surface area (Å²) in [4.78, 5) is 0. The van der Waals surface area contributed by atoms with Crippen molar-refractivity contribution in [1.29, 1.82) is 0 Å². The van der Waals surface area contributed by atoms with E-state index in [9.17, 15) is 4.21 Å². The smallest absolute Gasteiger partial charge is 0.123 e. The molecule has 1 rings (SSSR count). The van der Waals surface area contributed by atoms with Gasteiger partial charge in [0.15, 0.2) is 0 Å². The van der Waals surface area contributed by atoms with E-state index in [2.05, 4.69) is 49.7 Å². The monoisotopic (exact) mass is 530 g/mol. The van der Waals surface area contributed by atoms with Gasteiger partial charge in [0.1, 0.15) is 11.5 Å². The van der Waals surface area contributed by atoms with Gasteiger partial charge in [0.2, 0.25) is 0 Å². The molecule has 0 fully saturated rings. The number of halogens is 1. The summed E-state index contributed by atoms with van der Waals surface area (Å²) < 4.78 is 24.6. The maximum absolute atomic E-state index is 12.8. The van der Waals surface area contributed by atoms with Crippen molar-refractivity contribution in [3.8, 4) is 11.5 Å². The highest BCUT2D eigenvalue weighted by atomic mass is 79.9. The molecule has 0 bridgehead atoms. The first-order valence-corrected chi connectivity index (χ1v) is 15.3. The van der Waals surface area contributed by atoms with E-state index in [0.717, 1.165) is 47.1 Å². The maximum Gasteiger partial charge on any atom is 0.123 e. The number of hydrogen-bond acceptors (Lipinski definition) is 3. The van der Waals surface area contributed by atoms with E-state index in [0.29, 0.717) is 23.6 Å². The molecule has 0 aliphatic carbocycles. The zero-order chi connectivity index (χ0) is 23.8. The molecule has 0 aliphatic rings. The number of unbranched alkanes of at least 4 members (excludes halogenated alkanes) is 5. The minimum atomic E-state index is -0.878. The second kappa shape index (κ2) is 17.9. The van der Waals surface area contributed by atoms with Crippen LogP contribution < -0.4 is 9.47 Å². The van der Waals surface area contributed by atoms with Crippen LogP contribution in [0.1, 0.15) is 103 Å². The fourth-order valence-corrected chi connectivity index (χ4v) is 5.54. The van der Waals surface area contributed by atoms with Gasteiger partial charge in [0, 0.05) is 33.0 Å². The van der Waals surface area contributed by atoms with Crippen molar-refractivity contribution in [3.63, 3.8) is 0 Å². The quantitative estimate of drug-likeness (QED) is 0.133. The van der Waals surface area contributed by atoms with E-state index in [4.69, 9.17) is 9.47 Å².